The minimum absolute atomic E-state index is 0.303. The predicted molar refractivity (Wildman–Crippen MR) is 85.1 cm³/mol. The van der Waals surface area contributed by atoms with Gasteiger partial charge in [0.2, 0.25) is 5.91 Å². The average molecular weight is 291 g/mol. The van der Waals surface area contributed by atoms with Crippen molar-refractivity contribution in [2.24, 2.45) is 11.1 Å². The first-order chi connectivity index (χ1) is 9.71. The van der Waals surface area contributed by atoms with Crippen molar-refractivity contribution in [3.8, 4) is 0 Å². The van der Waals surface area contributed by atoms with E-state index in [9.17, 15) is 9.90 Å². The van der Waals surface area contributed by atoms with E-state index in [1.807, 2.05) is 0 Å². The van der Waals surface area contributed by atoms with E-state index in [-0.39, 0.29) is 0 Å². The lowest BCUT2D eigenvalue weighted by Crippen LogP contribution is -2.42. The molecule has 0 spiro atoms. The molecule has 1 saturated carbocycles. The van der Waals surface area contributed by atoms with Gasteiger partial charge in [-0.15, -0.1) is 0 Å². The quantitative estimate of drug-likeness (QED) is 0.638. The summed E-state index contributed by atoms with van der Waals surface area (Å²) >= 11 is 0. The Morgan fingerprint density at radius 2 is 1.90 bits per heavy atom. The van der Waals surface area contributed by atoms with Crippen molar-refractivity contribution in [1.82, 2.24) is 0 Å². The van der Waals surface area contributed by atoms with Gasteiger partial charge >= 0.3 is 0 Å². The second-order valence-electron chi connectivity index (χ2n) is 6.91. The lowest BCUT2D eigenvalue weighted by atomic mass is 9.71. The number of carbonyl (C=O) groups is 1. The maximum atomic E-state index is 11.2. The van der Waals surface area contributed by atoms with Crippen LogP contribution in [-0.4, -0.2) is 23.2 Å². The van der Waals surface area contributed by atoms with Crippen molar-refractivity contribution in [3.63, 3.8) is 0 Å². The highest BCUT2D eigenvalue weighted by molar-refractivity contribution is 5.94. The molecule has 0 heterocycles. The number of benzene rings is 1. The van der Waals surface area contributed by atoms with E-state index >= 15 is 0 Å². The fourth-order valence-corrected chi connectivity index (χ4v) is 2.69. The van der Waals surface area contributed by atoms with Gasteiger partial charge in [-0.1, -0.05) is 13.8 Å². The Morgan fingerprint density at radius 3 is 2.48 bits per heavy atom. The molecule has 0 unspecified atom stereocenters. The van der Waals surface area contributed by atoms with Crippen LogP contribution >= 0.6 is 0 Å². The summed E-state index contributed by atoms with van der Waals surface area (Å²) in [6, 6.07) is 4.88. The van der Waals surface area contributed by atoms with Gasteiger partial charge < -0.3 is 21.9 Å². The maximum Gasteiger partial charge on any atom is 0.248 e. The van der Waals surface area contributed by atoms with E-state index in [1.54, 1.807) is 18.2 Å². The molecule has 2 rings (SSSR count). The number of carbonyl (C=O) groups excluding carboxylic acids is 1. The van der Waals surface area contributed by atoms with Gasteiger partial charge in [-0.25, -0.2) is 0 Å². The largest absolute Gasteiger partial charge is 0.397 e. The lowest BCUT2D eigenvalue weighted by molar-refractivity contribution is -0.0145. The summed E-state index contributed by atoms with van der Waals surface area (Å²) in [6.45, 7) is 4.89. The molecule has 0 saturated heterocycles. The first-order valence-corrected chi connectivity index (χ1v) is 7.36. The molecule has 1 aromatic rings. The van der Waals surface area contributed by atoms with Gasteiger partial charge in [0, 0.05) is 12.1 Å². The Labute approximate surface area is 125 Å². The average Bonchev–Trinajstić information content (AvgIpc) is 2.42. The van der Waals surface area contributed by atoms with Crippen LogP contribution in [-0.2, 0) is 0 Å². The third-order valence-corrected chi connectivity index (χ3v) is 4.48. The molecule has 1 aliphatic rings. The minimum Gasteiger partial charge on any atom is -0.397 e. The van der Waals surface area contributed by atoms with Gasteiger partial charge in [-0.3, -0.25) is 4.79 Å². The van der Waals surface area contributed by atoms with Gasteiger partial charge in [0.1, 0.15) is 0 Å². The highest BCUT2D eigenvalue weighted by Crippen LogP contribution is 2.40. The number of nitrogens with two attached hydrogens (primary N) is 2. The summed E-state index contributed by atoms with van der Waals surface area (Å²) in [6.07, 6.45) is 3.54. The molecule has 6 N–H and O–H groups in total. The second-order valence-corrected chi connectivity index (χ2v) is 6.91. The molecule has 0 radical (unpaired) electrons. The number of aliphatic hydroxyl groups is 1. The minimum atomic E-state index is -0.718. The number of anilines is 2. The van der Waals surface area contributed by atoms with Crippen molar-refractivity contribution in [2.75, 3.05) is 17.6 Å². The first kappa shape index (κ1) is 15.6. The van der Waals surface area contributed by atoms with Crippen molar-refractivity contribution in [2.45, 2.75) is 45.1 Å². The molecule has 1 aromatic carbocycles. The number of hydrogen-bond donors (Lipinski definition) is 4. The van der Waals surface area contributed by atoms with E-state index < -0.39 is 11.5 Å². The smallest absolute Gasteiger partial charge is 0.248 e. The molecule has 1 aliphatic carbocycles. The Bertz CT molecular complexity index is 530. The molecule has 0 aromatic heterocycles. The first-order valence-electron chi connectivity index (χ1n) is 7.36. The van der Waals surface area contributed by atoms with Crippen LogP contribution in [0, 0.1) is 5.41 Å². The molecule has 5 nitrogen and oxygen atoms in total. The zero-order valence-electron chi connectivity index (χ0n) is 12.8. The predicted octanol–water partition coefficient (Wildman–Crippen LogP) is 2.11. The van der Waals surface area contributed by atoms with Gasteiger partial charge in [-0.05, 0) is 49.3 Å². The Morgan fingerprint density at radius 1 is 1.29 bits per heavy atom. The van der Waals surface area contributed by atoms with Gasteiger partial charge in [0.25, 0.3) is 0 Å². The van der Waals surface area contributed by atoms with Gasteiger partial charge in [0.15, 0.2) is 0 Å². The normalized spacial score (nSPS) is 20.0. The van der Waals surface area contributed by atoms with E-state index in [1.165, 1.54) is 0 Å². The second kappa shape index (κ2) is 5.56. The summed E-state index contributed by atoms with van der Waals surface area (Å²) in [5, 5.41) is 13.8. The lowest BCUT2D eigenvalue weighted by Gasteiger charge is -2.40. The van der Waals surface area contributed by atoms with E-state index in [2.05, 4.69) is 19.2 Å². The fourth-order valence-electron chi connectivity index (χ4n) is 2.69. The van der Waals surface area contributed by atoms with Crippen molar-refractivity contribution >= 4 is 17.3 Å². The Balaban J connectivity index is 2.03. The molecular weight excluding hydrogens is 266 g/mol. The summed E-state index contributed by atoms with van der Waals surface area (Å²) in [7, 11) is 0. The number of nitrogen functional groups attached to an aromatic ring is 1. The topological polar surface area (TPSA) is 101 Å². The van der Waals surface area contributed by atoms with Gasteiger partial charge in [-0.2, -0.15) is 0 Å². The molecule has 1 fully saturated rings. The fraction of sp³-hybridized carbons (Fsp3) is 0.562. The van der Waals surface area contributed by atoms with Crippen LogP contribution in [0.4, 0.5) is 11.4 Å². The van der Waals surface area contributed by atoms with Crippen LogP contribution in [0.3, 0.4) is 0 Å². The maximum absolute atomic E-state index is 11.2. The van der Waals surface area contributed by atoms with Gasteiger partial charge in [0.05, 0.1) is 17.0 Å². The molecular formula is C16H25N3O2. The Kier molecular flexibility index (Phi) is 4.14. The number of nitrogens with one attached hydrogen (secondary N) is 1. The van der Waals surface area contributed by atoms with Crippen molar-refractivity contribution in [1.29, 1.82) is 0 Å². The number of rotatable bonds is 4. The zero-order chi connectivity index (χ0) is 15.7. The van der Waals surface area contributed by atoms with Crippen LogP contribution in [0.5, 0.6) is 0 Å². The Hall–Kier alpha value is -1.75. The van der Waals surface area contributed by atoms with E-state index in [0.717, 1.165) is 25.7 Å². The summed E-state index contributed by atoms with van der Waals surface area (Å²) < 4.78 is 0. The molecule has 1 amide bonds. The molecule has 0 atom stereocenters. The van der Waals surface area contributed by atoms with Crippen LogP contribution in [0.15, 0.2) is 18.2 Å². The van der Waals surface area contributed by atoms with Crippen LogP contribution in [0.1, 0.15) is 49.9 Å². The molecule has 116 valence electrons. The third-order valence-electron chi connectivity index (χ3n) is 4.48. The van der Waals surface area contributed by atoms with Crippen molar-refractivity contribution < 1.29 is 9.90 Å². The monoisotopic (exact) mass is 291 g/mol. The third kappa shape index (κ3) is 3.88. The molecule has 21 heavy (non-hydrogen) atoms. The van der Waals surface area contributed by atoms with E-state index in [0.29, 0.717) is 28.9 Å². The molecule has 0 bridgehead atoms. The van der Waals surface area contributed by atoms with E-state index in [4.69, 9.17) is 11.5 Å². The summed E-state index contributed by atoms with van der Waals surface area (Å²) in [5.41, 5.74) is 12.3. The van der Waals surface area contributed by atoms with Crippen LogP contribution in [0.2, 0.25) is 0 Å². The SMILES string of the molecule is CC1(C)CCC(O)(CNc2cc(C(N)=O)ccc2N)CC1. The summed E-state index contributed by atoms with van der Waals surface area (Å²) in [5.74, 6) is -0.490. The van der Waals surface area contributed by atoms with Crippen molar-refractivity contribution in [3.05, 3.63) is 23.8 Å². The number of amides is 1. The van der Waals surface area contributed by atoms with Crippen LogP contribution < -0.4 is 16.8 Å². The summed E-state index contributed by atoms with van der Waals surface area (Å²) in [4.78, 5) is 11.2. The highest BCUT2D eigenvalue weighted by Gasteiger charge is 2.36. The standard InChI is InChI=1S/C16H25N3O2/c1-15(2)5-7-16(21,8-6-15)10-19-13-9-11(14(18)20)3-4-12(13)17/h3-4,9,19,21H,5-8,10,17H2,1-2H3,(H2,18,20). The molecule has 0 aliphatic heterocycles. The number of hydrogen-bond acceptors (Lipinski definition) is 4. The molecule has 5 heteroatoms. The number of primary amides is 1. The highest BCUT2D eigenvalue weighted by atomic mass is 16.3. The van der Waals surface area contributed by atoms with Crippen LogP contribution in [0.25, 0.3) is 0 Å². The zero-order valence-corrected chi connectivity index (χ0v) is 12.8.